The van der Waals surface area contributed by atoms with Gasteiger partial charge in [-0.05, 0) is 30.4 Å². The van der Waals surface area contributed by atoms with Crippen LogP contribution in [0.4, 0.5) is 11.4 Å². The zero-order chi connectivity index (χ0) is 17.4. The molecule has 128 valence electrons. The lowest BCUT2D eigenvalue weighted by atomic mass is 9.94. The number of nitro groups is 1. The standard InChI is InChI=1S/C15H23N3O4S/c1-11-7-12(2)10-17(9-11)23(21,22)13-5-6-14(16(3)4)15(8-13)18(19)20/h5-6,8,11-12H,7,9-10H2,1-4H3/t11-,12-/m1/s1. The quantitative estimate of drug-likeness (QED) is 0.620. The van der Waals surface area contributed by atoms with Crippen LogP contribution in [0.15, 0.2) is 23.1 Å². The predicted molar refractivity (Wildman–Crippen MR) is 89.1 cm³/mol. The number of piperidine rings is 1. The van der Waals surface area contributed by atoms with Crippen LogP contribution < -0.4 is 4.90 Å². The number of nitro benzene ring substituents is 1. The molecule has 1 saturated heterocycles. The molecule has 1 aliphatic rings. The van der Waals surface area contributed by atoms with Crippen molar-refractivity contribution in [3.8, 4) is 0 Å². The molecular weight excluding hydrogens is 318 g/mol. The summed E-state index contributed by atoms with van der Waals surface area (Å²) >= 11 is 0. The number of benzene rings is 1. The van der Waals surface area contributed by atoms with Crippen LogP contribution in [0.2, 0.25) is 0 Å². The van der Waals surface area contributed by atoms with E-state index in [1.165, 1.54) is 16.4 Å². The van der Waals surface area contributed by atoms with Crippen molar-refractivity contribution in [3.63, 3.8) is 0 Å². The highest BCUT2D eigenvalue weighted by molar-refractivity contribution is 7.89. The van der Waals surface area contributed by atoms with Gasteiger partial charge in [-0.1, -0.05) is 13.8 Å². The summed E-state index contributed by atoms with van der Waals surface area (Å²) in [6, 6.07) is 4.10. The van der Waals surface area contributed by atoms with Crippen molar-refractivity contribution in [2.45, 2.75) is 25.2 Å². The molecule has 8 heteroatoms. The van der Waals surface area contributed by atoms with E-state index in [0.717, 1.165) is 12.5 Å². The molecule has 0 N–H and O–H groups in total. The minimum Gasteiger partial charge on any atom is -0.372 e. The predicted octanol–water partition coefficient (Wildman–Crippen LogP) is 2.33. The van der Waals surface area contributed by atoms with Gasteiger partial charge in [0.15, 0.2) is 0 Å². The van der Waals surface area contributed by atoms with Crippen LogP contribution >= 0.6 is 0 Å². The van der Waals surface area contributed by atoms with Gasteiger partial charge in [-0.25, -0.2) is 8.42 Å². The van der Waals surface area contributed by atoms with Crippen molar-refractivity contribution in [1.29, 1.82) is 0 Å². The molecule has 0 spiro atoms. The highest BCUT2D eigenvalue weighted by atomic mass is 32.2. The Bertz CT molecular complexity index is 693. The number of rotatable bonds is 4. The third-order valence-corrected chi connectivity index (χ3v) is 5.93. The molecule has 0 saturated carbocycles. The first-order valence-electron chi connectivity index (χ1n) is 7.59. The fraction of sp³-hybridized carbons (Fsp3) is 0.600. The largest absolute Gasteiger partial charge is 0.372 e. The maximum Gasteiger partial charge on any atom is 0.293 e. The van der Waals surface area contributed by atoms with Gasteiger partial charge in [0.2, 0.25) is 10.0 Å². The van der Waals surface area contributed by atoms with Crippen molar-refractivity contribution < 1.29 is 13.3 Å². The van der Waals surface area contributed by atoms with Crippen molar-refractivity contribution in [3.05, 3.63) is 28.3 Å². The lowest BCUT2D eigenvalue weighted by Gasteiger charge is -2.34. The summed E-state index contributed by atoms with van der Waals surface area (Å²) in [4.78, 5) is 12.3. The SMILES string of the molecule is C[C@@H]1C[C@@H](C)CN(S(=O)(=O)c2ccc(N(C)C)c([N+](=O)[O-])c2)C1. The van der Waals surface area contributed by atoms with Gasteiger partial charge in [0.1, 0.15) is 5.69 Å². The zero-order valence-corrected chi connectivity index (χ0v) is 14.7. The summed E-state index contributed by atoms with van der Waals surface area (Å²) < 4.78 is 27.1. The molecule has 1 fully saturated rings. The summed E-state index contributed by atoms with van der Waals surface area (Å²) in [7, 11) is -0.346. The Hall–Kier alpha value is -1.67. The molecule has 7 nitrogen and oxygen atoms in total. The number of hydrogen-bond donors (Lipinski definition) is 0. The van der Waals surface area contributed by atoms with E-state index in [-0.39, 0.29) is 22.4 Å². The molecule has 23 heavy (non-hydrogen) atoms. The van der Waals surface area contributed by atoms with Crippen LogP contribution in [0.5, 0.6) is 0 Å². The van der Waals surface area contributed by atoms with Gasteiger partial charge >= 0.3 is 0 Å². The Kier molecular flexibility index (Phi) is 4.95. The molecule has 0 radical (unpaired) electrons. The Morgan fingerprint density at radius 1 is 1.22 bits per heavy atom. The second-order valence-corrected chi connectivity index (χ2v) is 8.51. The number of anilines is 1. The molecule has 0 aliphatic carbocycles. The number of hydrogen-bond acceptors (Lipinski definition) is 5. The Morgan fingerprint density at radius 3 is 2.26 bits per heavy atom. The highest BCUT2D eigenvalue weighted by Gasteiger charge is 2.33. The third-order valence-electron chi connectivity index (χ3n) is 4.10. The summed E-state index contributed by atoms with van der Waals surface area (Å²) in [5, 5.41) is 11.3. The van der Waals surface area contributed by atoms with E-state index in [1.807, 2.05) is 13.8 Å². The average Bonchev–Trinajstić information content (AvgIpc) is 2.45. The summed E-state index contributed by atoms with van der Waals surface area (Å²) in [6.45, 7) is 4.96. The lowest BCUT2D eigenvalue weighted by Crippen LogP contribution is -2.42. The van der Waals surface area contributed by atoms with Gasteiger partial charge in [-0.15, -0.1) is 0 Å². The minimum absolute atomic E-state index is 0.0175. The second-order valence-electron chi connectivity index (χ2n) is 6.57. The fourth-order valence-corrected chi connectivity index (χ4v) is 4.84. The molecular formula is C15H23N3O4S. The first-order valence-corrected chi connectivity index (χ1v) is 9.03. The van der Waals surface area contributed by atoms with E-state index in [9.17, 15) is 18.5 Å². The maximum atomic E-state index is 12.8. The van der Waals surface area contributed by atoms with Crippen molar-refractivity contribution in [2.24, 2.45) is 11.8 Å². The first kappa shape index (κ1) is 17.7. The molecule has 1 heterocycles. The molecule has 1 aliphatic heterocycles. The molecule has 0 aromatic heterocycles. The van der Waals surface area contributed by atoms with Crippen LogP contribution in [-0.4, -0.2) is 44.8 Å². The highest BCUT2D eigenvalue weighted by Crippen LogP contribution is 2.32. The molecule has 0 amide bonds. The van der Waals surface area contributed by atoms with Crippen molar-refractivity contribution in [2.75, 3.05) is 32.1 Å². The molecule has 2 rings (SSSR count). The van der Waals surface area contributed by atoms with E-state index in [2.05, 4.69) is 0 Å². The molecule has 2 atom stereocenters. The van der Waals surface area contributed by atoms with Crippen LogP contribution in [0.25, 0.3) is 0 Å². The fourth-order valence-electron chi connectivity index (χ4n) is 3.14. The van der Waals surface area contributed by atoms with Crippen LogP contribution in [0.1, 0.15) is 20.3 Å². The second kappa shape index (κ2) is 6.45. The van der Waals surface area contributed by atoms with Crippen molar-refractivity contribution >= 4 is 21.4 Å². The van der Waals surface area contributed by atoms with Crippen LogP contribution in [0.3, 0.4) is 0 Å². The summed E-state index contributed by atoms with van der Waals surface area (Å²) in [6.07, 6.45) is 0.992. The summed E-state index contributed by atoms with van der Waals surface area (Å²) in [5.41, 5.74) is 0.184. The van der Waals surface area contributed by atoms with E-state index in [1.54, 1.807) is 19.0 Å². The zero-order valence-electron chi connectivity index (χ0n) is 13.9. The Labute approximate surface area is 137 Å². The smallest absolute Gasteiger partial charge is 0.293 e. The first-order chi connectivity index (χ1) is 10.6. The maximum absolute atomic E-state index is 12.8. The number of sulfonamides is 1. The monoisotopic (exact) mass is 341 g/mol. The number of nitrogens with zero attached hydrogens (tertiary/aromatic N) is 3. The van der Waals surface area contributed by atoms with E-state index < -0.39 is 14.9 Å². The Morgan fingerprint density at radius 2 is 1.78 bits per heavy atom. The minimum atomic E-state index is -3.72. The van der Waals surface area contributed by atoms with Gasteiger partial charge in [-0.2, -0.15) is 4.31 Å². The van der Waals surface area contributed by atoms with Gasteiger partial charge in [0.05, 0.1) is 9.82 Å². The van der Waals surface area contributed by atoms with Gasteiger partial charge < -0.3 is 4.90 Å². The summed E-state index contributed by atoms with van der Waals surface area (Å²) in [5.74, 6) is 0.564. The lowest BCUT2D eigenvalue weighted by molar-refractivity contribution is -0.384. The third kappa shape index (κ3) is 3.64. The van der Waals surface area contributed by atoms with Gasteiger partial charge in [-0.3, -0.25) is 10.1 Å². The van der Waals surface area contributed by atoms with Gasteiger partial charge in [0.25, 0.3) is 5.69 Å². The van der Waals surface area contributed by atoms with Crippen molar-refractivity contribution in [1.82, 2.24) is 4.31 Å². The average molecular weight is 341 g/mol. The molecule has 0 bridgehead atoms. The van der Waals surface area contributed by atoms with E-state index in [0.29, 0.717) is 18.8 Å². The molecule has 0 unspecified atom stereocenters. The topological polar surface area (TPSA) is 83.8 Å². The van der Waals surface area contributed by atoms with Gasteiger partial charge in [0, 0.05) is 33.3 Å². The van der Waals surface area contributed by atoms with Crippen LogP contribution in [-0.2, 0) is 10.0 Å². The van der Waals surface area contributed by atoms with E-state index in [4.69, 9.17) is 0 Å². The Balaban J connectivity index is 2.44. The molecule has 1 aromatic carbocycles. The normalized spacial score (nSPS) is 22.8. The van der Waals surface area contributed by atoms with Crippen LogP contribution in [0, 0.1) is 22.0 Å². The van der Waals surface area contributed by atoms with E-state index >= 15 is 0 Å². The molecule has 1 aromatic rings.